The number of rotatable bonds is 4. The molecule has 0 amide bonds. The van der Waals surface area contributed by atoms with E-state index < -0.39 is 0 Å². The average Bonchev–Trinajstić information content (AvgIpc) is 2.80. The number of carbonyl (C=O) groups is 1. The first kappa shape index (κ1) is 14.0. The summed E-state index contributed by atoms with van der Waals surface area (Å²) in [5, 5.41) is 0.610. The van der Waals surface area contributed by atoms with Crippen LogP contribution >= 0.6 is 45.5 Å². The van der Waals surface area contributed by atoms with Gasteiger partial charge in [0.25, 0.3) is 0 Å². The Hall–Kier alpha value is -0.390. The van der Waals surface area contributed by atoms with Gasteiger partial charge >= 0.3 is 0 Å². The smallest absolute Gasteiger partial charge is 0.169 e. The van der Waals surface area contributed by atoms with Crippen LogP contribution in [0.3, 0.4) is 0 Å². The lowest BCUT2D eigenvalue weighted by atomic mass is 10.1. The summed E-state index contributed by atoms with van der Waals surface area (Å²) in [7, 11) is 0. The molecule has 1 aromatic heterocycles. The van der Waals surface area contributed by atoms with Gasteiger partial charge in [0.15, 0.2) is 5.78 Å². The number of aryl methyl sites for hydroxylation is 1. The van der Waals surface area contributed by atoms with Crippen molar-refractivity contribution >= 4 is 51.3 Å². The summed E-state index contributed by atoms with van der Waals surface area (Å²) >= 11 is 9.82. The van der Waals surface area contributed by atoms with Crippen LogP contribution in [-0.4, -0.2) is 5.78 Å². The number of benzene rings is 1. The van der Waals surface area contributed by atoms with Crippen molar-refractivity contribution in [3.63, 3.8) is 0 Å². The Bertz CT molecular complexity index is 577. The monoisotopic (exact) mass is 390 g/mol. The van der Waals surface area contributed by atoms with E-state index in [0.717, 1.165) is 20.4 Å². The predicted molar refractivity (Wildman–Crippen MR) is 85.9 cm³/mol. The zero-order valence-corrected chi connectivity index (χ0v) is 13.6. The molecule has 0 saturated carbocycles. The third kappa shape index (κ3) is 3.33. The van der Waals surface area contributed by atoms with Crippen LogP contribution in [0, 0.1) is 3.57 Å². The molecule has 0 N–H and O–H groups in total. The SMILES string of the molecule is CCc1ccc(CC(=O)c2cc(Cl)ccc2I)s1. The van der Waals surface area contributed by atoms with E-state index in [0.29, 0.717) is 11.4 Å². The summed E-state index contributed by atoms with van der Waals surface area (Å²) in [6.07, 6.45) is 1.48. The third-order valence-electron chi connectivity index (χ3n) is 2.63. The summed E-state index contributed by atoms with van der Waals surface area (Å²) < 4.78 is 0.953. The lowest BCUT2D eigenvalue weighted by Gasteiger charge is -2.03. The summed E-state index contributed by atoms with van der Waals surface area (Å²) in [5.74, 6) is 0.131. The lowest BCUT2D eigenvalue weighted by molar-refractivity contribution is 0.0993. The molecule has 1 nitrogen and oxygen atoms in total. The van der Waals surface area contributed by atoms with E-state index in [1.54, 1.807) is 23.5 Å². The zero-order valence-electron chi connectivity index (χ0n) is 9.87. The van der Waals surface area contributed by atoms with Crippen molar-refractivity contribution in [3.8, 4) is 0 Å². The highest BCUT2D eigenvalue weighted by molar-refractivity contribution is 14.1. The minimum atomic E-state index is 0.131. The summed E-state index contributed by atoms with van der Waals surface area (Å²) in [6, 6.07) is 9.57. The van der Waals surface area contributed by atoms with Crippen LogP contribution in [0.15, 0.2) is 30.3 Å². The van der Waals surface area contributed by atoms with Crippen LogP contribution in [0.2, 0.25) is 5.02 Å². The fourth-order valence-corrected chi connectivity index (χ4v) is 3.44. The normalized spacial score (nSPS) is 10.6. The zero-order chi connectivity index (χ0) is 13.1. The molecule has 4 heteroatoms. The molecule has 1 heterocycles. The van der Waals surface area contributed by atoms with Gasteiger partial charge in [0.05, 0.1) is 0 Å². The molecular formula is C14H12ClIOS. The minimum Gasteiger partial charge on any atom is -0.294 e. The van der Waals surface area contributed by atoms with Gasteiger partial charge in [0.1, 0.15) is 0 Å². The van der Waals surface area contributed by atoms with Gasteiger partial charge < -0.3 is 0 Å². The Morgan fingerprint density at radius 3 is 2.67 bits per heavy atom. The van der Waals surface area contributed by atoms with E-state index in [-0.39, 0.29) is 5.78 Å². The topological polar surface area (TPSA) is 17.1 Å². The van der Waals surface area contributed by atoms with E-state index in [1.165, 1.54) is 4.88 Å². The second-order valence-electron chi connectivity index (χ2n) is 3.95. The van der Waals surface area contributed by atoms with Crippen LogP contribution in [0.4, 0.5) is 0 Å². The number of hydrogen-bond acceptors (Lipinski definition) is 2. The maximum absolute atomic E-state index is 12.2. The van der Waals surface area contributed by atoms with Gasteiger partial charge in [-0.25, -0.2) is 0 Å². The van der Waals surface area contributed by atoms with Crippen LogP contribution in [0.25, 0.3) is 0 Å². The second-order valence-corrected chi connectivity index (χ2v) is 6.80. The fourth-order valence-electron chi connectivity index (χ4n) is 1.67. The molecule has 0 aliphatic heterocycles. The van der Waals surface area contributed by atoms with Gasteiger partial charge in [0.2, 0.25) is 0 Å². The van der Waals surface area contributed by atoms with Gasteiger partial charge in [-0.15, -0.1) is 11.3 Å². The van der Waals surface area contributed by atoms with Crippen molar-refractivity contribution < 1.29 is 4.79 Å². The maximum atomic E-state index is 12.2. The van der Waals surface area contributed by atoms with Gasteiger partial charge in [-0.05, 0) is 59.3 Å². The van der Waals surface area contributed by atoms with Crippen molar-refractivity contribution in [1.82, 2.24) is 0 Å². The first-order chi connectivity index (χ1) is 8.60. The number of hydrogen-bond donors (Lipinski definition) is 0. The second kappa shape index (κ2) is 6.17. The largest absolute Gasteiger partial charge is 0.294 e. The van der Waals surface area contributed by atoms with Crippen molar-refractivity contribution in [2.24, 2.45) is 0 Å². The summed E-state index contributed by atoms with van der Waals surface area (Å²) in [5.41, 5.74) is 0.717. The number of thiophene rings is 1. The minimum absolute atomic E-state index is 0.131. The van der Waals surface area contributed by atoms with E-state index in [2.05, 4.69) is 35.6 Å². The van der Waals surface area contributed by atoms with Crippen LogP contribution in [0.1, 0.15) is 27.0 Å². The number of Topliss-reactive ketones (excluding diaryl/α,β-unsaturated/α-hetero) is 1. The molecule has 0 aliphatic rings. The van der Waals surface area contributed by atoms with Crippen molar-refractivity contribution in [2.75, 3.05) is 0 Å². The molecule has 0 atom stereocenters. The maximum Gasteiger partial charge on any atom is 0.169 e. The molecule has 1 aromatic carbocycles. The standard InChI is InChI=1S/C14H12ClIOS/c1-2-10-4-5-11(18-10)8-14(17)12-7-9(15)3-6-13(12)16/h3-7H,2,8H2,1H3. The van der Waals surface area contributed by atoms with E-state index in [4.69, 9.17) is 11.6 Å². The van der Waals surface area contributed by atoms with Gasteiger partial charge in [-0.3, -0.25) is 4.79 Å². The van der Waals surface area contributed by atoms with Crippen molar-refractivity contribution in [1.29, 1.82) is 0 Å². The van der Waals surface area contributed by atoms with Gasteiger partial charge in [-0.2, -0.15) is 0 Å². The Morgan fingerprint density at radius 1 is 1.28 bits per heavy atom. The molecule has 0 bridgehead atoms. The van der Waals surface area contributed by atoms with Crippen molar-refractivity contribution in [3.05, 3.63) is 54.2 Å². The first-order valence-corrected chi connectivity index (χ1v) is 7.93. The number of ketones is 1. The summed E-state index contributed by atoms with van der Waals surface area (Å²) in [6.45, 7) is 2.12. The highest BCUT2D eigenvalue weighted by Crippen LogP contribution is 2.22. The van der Waals surface area contributed by atoms with Crippen molar-refractivity contribution in [2.45, 2.75) is 19.8 Å². The molecule has 0 saturated heterocycles. The number of halogens is 2. The Kier molecular flexibility index (Phi) is 4.81. The van der Waals surface area contributed by atoms with Gasteiger partial charge in [-0.1, -0.05) is 18.5 Å². The number of carbonyl (C=O) groups excluding carboxylic acids is 1. The van der Waals surface area contributed by atoms with Crippen LogP contribution < -0.4 is 0 Å². The highest BCUT2D eigenvalue weighted by Gasteiger charge is 2.12. The Morgan fingerprint density at radius 2 is 2.00 bits per heavy atom. The van der Waals surface area contributed by atoms with Crippen LogP contribution in [-0.2, 0) is 12.8 Å². The van der Waals surface area contributed by atoms with E-state index in [1.807, 2.05) is 12.1 Å². The molecule has 0 fully saturated rings. The first-order valence-electron chi connectivity index (χ1n) is 5.66. The highest BCUT2D eigenvalue weighted by atomic mass is 127. The molecular weight excluding hydrogens is 379 g/mol. The molecule has 0 aliphatic carbocycles. The van der Waals surface area contributed by atoms with E-state index in [9.17, 15) is 4.79 Å². The molecule has 2 rings (SSSR count). The molecule has 94 valence electrons. The van der Waals surface area contributed by atoms with E-state index >= 15 is 0 Å². The van der Waals surface area contributed by atoms with Gasteiger partial charge in [0, 0.05) is 30.3 Å². The molecule has 0 unspecified atom stereocenters. The summed E-state index contributed by atoms with van der Waals surface area (Å²) in [4.78, 5) is 14.7. The molecule has 0 radical (unpaired) electrons. The Labute approximate surface area is 129 Å². The molecule has 2 aromatic rings. The predicted octanol–water partition coefficient (Wildman–Crippen LogP) is 4.99. The Balaban J connectivity index is 2.19. The van der Waals surface area contributed by atoms with Crippen LogP contribution in [0.5, 0.6) is 0 Å². The average molecular weight is 391 g/mol. The molecule has 0 spiro atoms. The quantitative estimate of drug-likeness (QED) is 0.531. The molecule has 18 heavy (non-hydrogen) atoms. The third-order valence-corrected chi connectivity index (χ3v) is 5.03. The fraction of sp³-hybridized carbons (Fsp3) is 0.214. The lowest BCUT2D eigenvalue weighted by Crippen LogP contribution is -2.04.